The van der Waals surface area contributed by atoms with Gasteiger partial charge in [-0.25, -0.2) is 9.97 Å². The second-order valence-corrected chi connectivity index (χ2v) is 8.00. The number of rotatable bonds is 5. The molecule has 152 valence electrons. The minimum atomic E-state index is 0.681. The van der Waals surface area contributed by atoms with E-state index in [1.165, 1.54) is 0 Å². The third-order valence-electron chi connectivity index (χ3n) is 5.13. The van der Waals surface area contributed by atoms with Crippen molar-refractivity contribution in [1.82, 2.24) is 19.9 Å². The molecule has 1 N–H and O–H groups in total. The third kappa shape index (κ3) is 4.07. The van der Waals surface area contributed by atoms with Crippen LogP contribution in [0.1, 0.15) is 11.4 Å². The number of hydrogen-bond acceptors (Lipinski definition) is 4. The molecular weight excluding hydrogens is 452 g/mol. The summed E-state index contributed by atoms with van der Waals surface area (Å²) in [7, 11) is 1.67. The van der Waals surface area contributed by atoms with Crippen LogP contribution in [0.15, 0.2) is 83.6 Å². The molecule has 0 fully saturated rings. The summed E-state index contributed by atoms with van der Waals surface area (Å²) in [5.74, 6) is 1.72. The van der Waals surface area contributed by atoms with Crippen LogP contribution in [0.4, 0.5) is 0 Å². The van der Waals surface area contributed by atoms with Gasteiger partial charge in [-0.05, 0) is 64.0 Å². The van der Waals surface area contributed by atoms with Gasteiger partial charge in [-0.1, -0.05) is 30.3 Å². The van der Waals surface area contributed by atoms with Crippen molar-refractivity contribution < 1.29 is 4.74 Å². The van der Waals surface area contributed by atoms with Crippen LogP contribution in [0.25, 0.3) is 33.5 Å². The van der Waals surface area contributed by atoms with Crippen molar-refractivity contribution >= 4 is 26.8 Å². The number of aromatic amines is 1. The summed E-state index contributed by atoms with van der Waals surface area (Å²) in [5.41, 5.74) is 5.74. The lowest BCUT2D eigenvalue weighted by Crippen LogP contribution is -1.91. The summed E-state index contributed by atoms with van der Waals surface area (Å²) < 4.78 is 6.05. The van der Waals surface area contributed by atoms with Gasteiger partial charge < -0.3 is 9.72 Å². The molecule has 0 bridgehead atoms. The molecule has 3 heterocycles. The molecular formula is C25H19BrN4O. The average molecular weight is 471 g/mol. The highest BCUT2D eigenvalue weighted by molar-refractivity contribution is 9.10. The Morgan fingerprint density at radius 2 is 1.81 bits per heavy atom. The first kappa shape index (κ1) is 19.5. The quantitative estimate of drug-likeness (QED) is 0.317. The number of nitrogens with zero attached hydrogens (tertiary/aromatic N) is 3. The van der Waals surface area contributed by atoms with Crippen LogP contribution >= 0.6 is 15.9 Å². The molecule has 5 rings (SSSR count). The molecule has 5 nitrogen and oxygen atoms in total. The van der Waals surface area contributed by atoms with Crippen LogP contribution in [0.5, 0.6) is 5.75 Å². The number of halogens is 1. The molecule has 6 heteroatoms. The maximum atomic E-state index is 5.26. The molecule has 31 heavy (non-hydrogen) atoms. The van der Waals surface area contributed by atoms with E-state index in [1.807, 2.05) is 42.5 Å². The summed E-state index contributed by atoms with van der Waals surface area (Å²) in [6.45, 7) is 0. The van der Waals surface area contributed by atoms with Crippen LogP contribution in [-0.4, -0.2) is 27.0 Å². The number of H-pyrrole nitrogens is 1. The second kappa shape index (κ2) is 8.32. The number of aromatic nitrogens is 4. The van der Waals surface area contributed by atoms with E-state index in [0.29, 0.717) is 6.42 Å². The fraction of sp³-hybridized carbons (Fsp3) is 0.0800. The van der Waals surface area contributed by atoms with Crippen molar-refractivity contribution in [1.29, 1.82) is 0 Å². The number of hydrogen-bond donors (Lipinski definition) is 1. The Morgan fingerprint density at radius 3 is 2.61 bits per heavy atom. The molecule has 5 aromatic rings. The third-order valence-corrected chi connectivity index (χ3v) is 5.57. The predicted octanol–water partition coefficient (Wildman–Crippen LogP) is 6.05. The van der Waals surface area contributed by atoms with Gasteiger partial charge >= 0.3 is 0 Å². The Bertz CT molecular complexity index is 1360. The van der Waals surface area contributed by atoms with E-state index < -0.39 is 0 Å². The second-order valence-electron chi connectivity index (χ2n) is 7.19. The van der Waals surface area contributed by atoms with Crippen LogP contribution in [0.2, 0.25) is 0 Å². The number of imidazole rings is 1. The number of ether oxygens (including phenoxy) is 1. The Balaban J connectivity index is 1.60. The Labute approximate surface area is 188 Å². The topological polar surface area (TPSA) is 63.7 Å². The SMILES string of the molecule is COc1ccc(Cc2nc(-c3ccc4ncccc4c3)c(-c3cccc(Br)n3)[nH]2)cc1. The average Bonchev–Trinajstić information content (AvgIpc) is 3.23. The molecule has 0 aliphatic rings. The molecule has 0 amide bonds. The van der Waals surface area contributed by atoms with E-state index in [4.69, 9.17) is 9.72 Å². The zero-order chi connectivity index (χ0) is 21.2. The van der Waals surface area contributed by atoms with Crippen molar-refractivity contribution in [3.63, 3.8) is 0 Å². The highest BCUT2D eigenvalue weighted by Gasteiger charge is 2.16. The molecule has 0 aliphatic carbocycles. The minimum absolute atomic E-state index is 0.681. The standard InChI is InChI=1S/C25H19BrN4O/c1-31-19-10-7-16(8-11-19)14-23-29-24(25(30-23)21-5-2-6-22(26)28-21)18-9-12-20-17(15-18)4-3-13-27-20/h2-13,15H,14H2,1H3,(H,29,30). The van der Waals surface area contributed by atoms with Gasteiger partial charge in [0.25, 0.3) is 0 Å². The van der Waals surface area contributed by atoms with Crippen LogP contribution in [0.3, 0.4) is 0 Å². The minimum Gasteiger partial charge on any atom is -0.497 e. The lowest BCUT2D eigenvalue weighted by molar-refractivity contribution is 0.414. The van der Waals surface area contributed by atoms with E-state index in [0.717, 1.165) is 55.3 Å². The van der Waals surface area contributed by atoms with Crippen LogP contribution in [0, 0.1) is 0 Å². The molecule has 3 aromatic heterocycles. The lowest BCUT2D eigenvalue weighted by atomic mass is 10.1. The summed E-state index contributed by atoms with van der Waals surface area (Å²) in [5, 5.41) is 1.08. The maximum Gasteiger partial charge on any atom is 0.118 e. The summed E-state index contributed by atoms with van der Waals surface area (Å²) in [4.78, 5) is 17.6. The number of benzene rings is 2. The first-order valence-electron chi connectivity index (χ1n) is 9.89. The fourth-order valence-corrected chi connectivity index (χ4v) is 3.95. The molecule has 0 spiro atoms. The first-order valence-corrected chi connectivity index (χ1v) is 10.7. The summed E-state index contributed by atoms with van der Waals surface area (Å²) in [6.07, 6.45) is 2.49. The molecule has 0 saturated heterocycles. The highest BCUT2D eigenvalue weighted by atomic mass is 79.9. The van der Waals surface area contributed by atoms with Gasteiger partial charge in [-0.2, -0.15) is 0 Å². The van der Waals surface area contributed by atoms with Gasteiger partial charge in [0.1, 0.15) is 16.2 Å². The molecule has 0 radical (unpaired) electrons. The van der Waals surface area contributed by atoms with Gasteiger partial charge in [0.15, 0.2) is 0 Å². The Morgan fingerprint density at radius 1 is 0.935 bits per heavy atom. The van der Waals surface area contributed by atoms with Crippen molar-refractivity contribution in [2.24, 2.45) is 0 Å². The van der Waals surface area contributed by atoms with E-state index in [2.05, 4.69) is 61.2 Å². The lowest BCUT2D eigenvalue weighted by Gasteiger charge is -2.04. The Kier molecular flexibility index (Phi) is 5.22. The molecule has 0 saturated carbocycles. The van der Waals surface area contributed by atoms with E-state index in [1.54, 1.807) is 13.3 Å². The van der Waals surface area contributed by atoms with Crippen molar-refractivity contribution in [2.45, 2.75) is 6.42 Å². The van der Waals surface area contributed by atoms with Crippen molar-refractivity contribution in [3.8, 4) is 28.4 Å². The van der Waals surface area contributed by atoms with Gasteiger partial charge in [0.05, 0.1) is 29.7 Å². The van der Waals surface area contributed by atoms with Gasteiger partial charge in [0.2, 0.25) is 0 Å². The van der Waals surface area contributed by atoms with Crippen LogP contribution in [-0.2, 0) is 6.42 Å². The van der Waals surface area contributed by atoms with E-state index in [9.17, 15) is 0 Å². The van der Waals surface area contributed by atoms with E-state index >= 15 is 0 Å². The zero-order valence-electron chi connectivity index (χ0n) is 16.8. The fourth-order valence-electron chi connectivity index (χ4n) is 3.61. The predicted molar refractivity (Wildman–Crippen MR) is 126 cm³/mol. The summed E-state index contributed by atoms with van der Waals surface area (Å²) >= 11 is 3.48. The van der Waals surface area contributed by atoms with Gasteiger partial charge in [-0.3, -0.25) is 4.98 Å². The molecule has 2 aromatic carbocycles. The molecule has 0 unspecified atom stereocenters. The maximum absolute atomic E-state index is 5.26. The number of methoxy groups -OCH3 is 1. The van der Waals surface area contributed by atoms with Crippen molar-refractivity contribution in [3.05, 3.63) is 95.0 Å². The zero-order valence-corrected chi connectivity index (χ0v) is 18.4. The Hall–Kier alpha value is -3.51. The largest absolute Gasteiger partial charge is 0.497 e. The number of fused-ring (bicyclic) bond motifs is 1. The van der Waals surface area contributed by atoms with Gasteiger partial charge in [-0.15, -0.1) is 0 Å². The smallest absolute Gasteiger partial charge is 0.118 e. The molecule has 0 aliphatic heterocycles. The summed E-state index contributed by atoms with van der Waals surface area (Å²) in [6, 6.07) is 24.1. The van der Waals surface area contributed by atoms with Gasteiger partial charge in [0, 0.05) is 23.6 Å². The number of pyridine rings is 2. The highest BCUT2D eigenvalue weighted by Crippen LogP contribution is 2.32. The monoisotopic (exact) mass is 470 g/mol. The first-order chi connectivity index (χ1) is 15.2. The van der Waals surface area contributed by atoms with E-state index in [-0.39, 0.29) is 0 Å². The normalized spacial score (nSPS) is 11.0. The number of nitrogens with one attached hydrogen (secondary N) is 1. The molecule has 0 atom stereocenters. The van der Waals surface area contributed by atoms with Crippen molar-refractivity contribution in [2.75, 3.05) is 7.11 Å². The van der Waals surface area contributed by atoms with Crippen LogP contribution < -0.4 is 4.74 Å².